The van der Waals surface area contributed by atoms with Crippen LogP contribution in [0.5, 0.6) is 0 Å². The maximum absolute atomic E-state index is 10.8. The van der Waals surface area contributed by atoms with Gasteiger partial charge >= 0.3 is 5.97 Å². The summed E-state index contributed by atoms with van der Waals surface area (Å²) in [7, 11) is 0. The minimum atomic E-state index is -1.22. The predicted molar refractivity (Wildman–Crippen MR) is 55.4 cm³/mol. The molecule has 8 heteroatoms. The number of hydrogen-bond donors (Lipinski definition) is 2. The number of hydrogen-bond acceptors (Lipinski definition) is 5. The molecule has 2 rings (SSSR count). The number of carbonyl (C=O) groups is 1. The number of nitro benzene ring substituents is 1. The Morgan fingerprint density at radius 2 is 1.94 bits per heavy atom. The third-order valence-corrected chi connectivity index (χ3v) is 2.10. The van der Waals surface area contributed by atoms with Crippen molar-refractivity contribution in [1.29, 1.82) is 0 Å². The van der Waals surface area contributed by atoms with Crippen LogP contribution >= 0.6 is 0 Å². The molecule has 0 saturated carbocycles. The highest BCUT2D eigenvalue weighted by Crippen LogP contribution is 2.22. The molecular weight excluding hydrogens is 228 g/mol. The number of nitrogens with zero attached hydrogens (tertiary/aromatic N) is 3. The summed E-state index contributed by atoms with van der Waals surface area (Å²) in [6, 6.07) is 5.39. The van der Waals surface area contributed by atoms with E-state index in [9.17, 15) is 14.9 Å². The van der Waals surface area contributed by atoms with Gasteiger partial charge in [-0.05, 0) is 12.1 Å². The summed E-state index contributed by atoms with van der Waals surface area (Å²) in [5.74, 6) is -1.22. The van der Waals surface area contributed by atoms with Crippen LogP contribution in [0.25, 0.3) is 11.3 Å². The van der Waals surface area contributed by atoms with Crippen LogP contribution in [-0.4, -0.2) is 31.4 Å². The number of carboxylic acid groups (broad SMARTS) is 1. The van der Waals surface area contributed by atoms with E-state index in [-0.39, 0.29) is 17.1 Å². The predicted octanol–water partition coefficient (Wildman–Crippen LogP) is 1.08. The molecule has 86 valence electrons. The quantitative estimate of drug-likeness (QED) is 0.605. The fourth-order valence-electron chi connectivity index (χ4n) is 1.32. The number of aromatic amines is 1. The molecule has 0 unspecified atom stereocenters. The van der Waals surface area contributed by atoms with Crippen LogP contribution in [0.4, 0.5) is 5.69 Å². The second kappa shape index (κ2) is 4.00. The van der Waals surface area contributed by atoms with Gasteiger partial charge in [-0.15, -0.1) is 5.10 Å². The Labute approximate surface area is 94.0 Å². The van der Waals surface area contributed by atoms with Gasteiger partial charge in [0.25, 0.3) is 5.69 Å². The lowest BCUT2D eigenvalue weighted by molar-refractivity contribution is -0.384. The zero-order chi connectivity index (χ0) is 12.4. The standard InChI is InChI=1S/C9H6N4O4/c14-9(15)8-7(10-12-11-8)5-1-3-6(4-2-5)13(16)17/h1-4H,(H,14,15)(H,10,11,12). The fourth-order valence-corrected chi connectivity index (χ4v) is 1.32. The van der Waals surface area contributed by atoms with Gasteiger partial charge in [-0.25, -0.2) is 4.79 Å². The van der Waals surface area contributed by atoms with Gasteiger partial charge in [-0.2, -0.15) is 10.3 Å². The lowest BCUT2D eigenvalue weighted by atomic mass is 10.1. The van der Waals surface area contributed by atoms with Gasteiger partial charge in [0.15, 0.2) is 5.69 Å². The number of rotatable bonds is 3. The van der Waals surface area contributed by atoms with Gasteiger partial charge < -0.3 is 5.11 Å². The van der Waals surface area contributed by atoms with Crippen molar-refractivity contribution in [2.75, 3.05) is 0 Å². The van der Waals surface area contributed by atoms with Crippen LogP contribution in [0.3, 0.4) is 0 Å². The number of aromatic carboxylic acids is 1. The Hall–Kier alpha value is -2.77. The van der Waals surface area contributed by atoms with Crippen molar-refractivity contribution in [3.8, 4) is 11.3 Å². The molecule has 0 saturated heterocycles. The third-order valence-electron chi connectivity index (χ3n) is 2.10. The van der Waals surface area contributed by atoms with E-state index < -0.39 is 10.9 Å². The molecule has 0 bridgehead atoms. The zero-order valence-electron chi connectivity index (χ0n) is 8.32. The van der Waals surface area contributed by atoms with Crippen molar-refractivity contribution < 1.29 is 14.8 Å². The van der Waals surface area contributed by atoms with Crippen molar-refractivity contribution in [3.05, 3.63) is 40.1 Å². The summed E-state index contributed by atoms with van der Waals surface area (Å²) in [5, 5.41) is 28.7. The zero-order valence-corrected chi connectivity index (χ0v) is 8.32. The van der Waals surface area contributed by atoms with Gasteiger partial charge in [0.2, 0.25) is 0 Å². The Morgan fingerprint density at radius 3 is 2.47 bits per heavy atom. The van der Waals surface area contributed by atoms with Crippen molar-refractivity contribution in [2.24, 2.45) is 0 Å². The van der Waals surface area contributed by atoms with Gasteiger partial charge in [0, 0.05) is 17.7 Å². The van der Waals surface area contributed by atoms with Crippen LogP contribution in [0.1, 0.15) is 10.5 Å². The van der Waals surface area contributed by atoms with Crippen LogP contribution in [0.15, 0.2) is 24.3 Å². The molecule has 0 radical (unpaired) electrons. The SMILES string of the molecule is O=C(O)c1n[nH]nc1-c1ccc([N+](=O)[O-])cc1. The Morgan fingerprint density at radius 1 is 1.29 bits per heavy atom. The van der Waals surface area contributed by atoms with Crippen LogP contribution in [-0.2, 0) is 0 Å². The number of non-ortho nitro benzene ring substituents is 1. The minimum absolute atomic E-state index is 0.0749. The molecule has 0 aliphatic carbocycles. The van der Waals surface area contributed by atoms with Crippen molar-refractivity contribution in [1.82, 2.24) is 15.4 Å². The highest BCUT2D eigenvalue weighted by atomic mass is 16.6. The molecule has 0 atom stereocenters. The average Bonchev–Trinajstić information content (AvgIpc) is 2.78. The summed E-state index contributed by atoms with van der Waals surface area (Å²) in [5.41, 5.74) is 0.294. The number of aromatic nitrogens is 3. The highest BCUT2D eigenvalue weighted by Gasteiger charge is 2.17. The second-order valence-corrected chi connectivity index (χ2v) is 3.13. The van der Waals surface area contributed by atoms with E-state index in [4.69, 9.17) is 5.11 Å². The molecule has 8 nitrogen and oxygen atoms in total. The number of H-pyrrole nitrogens is 1. The highest BCUT2D eigenvalue weighted by molar-refractivity contribution is 5.92. The van der Waals surface area contributed by atoms with E-state index in [1.165, 1.54) is 24.3 Å². The topological polar surface area (TPSA) is 122 Å². The number of nitrogens with one attached hydrogen (secondary N) is 1. The molecule has 0 aliphatic heterocycles. The summed E-state index contributed by atoms with van der Waals surface area (Å²) in [6.07, 6.45) is 0. The van der Waals surface area contributed by atoms with E-state index >= 15 is 0 Å². The molecular formula is C9H6N4O4. The molecule has 17 heavy (non-hydrogen) atoms. The van der Waals surface area contributed by atoms with Gasteiger partial charge in [-0.3, -0.25) is 10.1 Å². The molecule has 0 amide bonds. The van der Waals surface area contributed by atoms with Gasteiger partial charge in [-0.1, -0.05) is 0 Å². The minimum Gasteiger partial charge on any atom is -0.476 e. The summed E-state index contributed by atoms with van der Waals surface area (Å²) >= 11 is 0. The number of benzene rings is 1. The lowest BCUT2D eigenvalue weighted by Gasteiger charge is -1.97. The van der Waals surface area contributed by atoms with Crippen molar-refractivity contribution in [2.45, 2.75) is 0 Å². The van der Waals surface area contributed by atoms with E-state index in [0.717, 1.165) is 0 Å². The third kappa shape index (κ3) is 1.95. The van der Waals surface area contributed by atoms with E-state index in [1.54, 1.807) is 0 Å². The van der Waals surface area contributed by atoms with Crippen molar-refractivity contribution in [3.63, 3.8) is 0 Å². The number of carboxylic acids is 1. The molecule has 0 aliphatic rings. The second-order valence-electron chi connectivity index (χ2n) is 3.13. The van der Waals surface area contributed by atoms with Gasteiger partial charge in [0.05, 0.1) is 4.92 Å². The monoisotopic (exact) mass is 234 g/mol. The van der Waals surface area contributed by atoms with E-state index in [1.807, 2.05) is 0 Å². The molecule has 1 aromatic carbocycles. The maximum Gasteiger partial charge on any atom is 0.358 e. The Balaban J connectivity index is 2.43. The average molecular weight is 234 g/mol. The fraction of sp³-hybridized carbons (Fsp3) is 0. The molecule has 2 N–H and O–H groups in total. The first-order chi connectivity index (χ1) is 8.09. The van der Waals surface area contributed by atoms with E-state index in [0.29, 0.717) is 5.56 Å². The summed E-state index contributed by atoms with van der Waals surface area (Å²) in [6.45, 7) is 0. The summed E-state index contributed by atoms with van der Waals surface area (Å²) in [4.78, 5) is 20.7. The molecule has 0 fully saturated rings. The van der Waals surface area contributed by atoms with E-state index in [2.05, 4.69) is 15.4 Å². The lowest BCUT2D eigenvalue weighted by Crippen LogP contribution is -1.99. The normalized spacial score (nSPS) is 10.1. The Bertz CT molecular complexity index is 575. The van der Waals surface area contributed by atoms with Gasteiger partial charge in [0.1, 0.15) is 5.69 Å². The van der Waals surface area contributed by atoms with Crippen LogP contribution < -0.4 is 0 Å². The molecule has 1 heterocycles. The first kappa shape index (κ1) is 10.7. The first-order valence-corrected chi connectivity index (χ1v) is 4.48. The number of nitro groups is 1. The largest absolute Gasteiger partial charge is 0.476 e. The maximum atomic E-state index is 10.8. The molecule has 2 aromatic rings. The Kier molecular flexibility index (Phi) is 2.53. The molecule has 1 aromatic heterocycles. The van der Waals surface area contributed by atoms with Crippen LogP contribution in [0, 0.1) is 10.1 Å². The van der Waals surface area contributed by atoms with Crippen molar-refractivity contribution >= 4 is 11.7 Å². The summed E-state index contributed by atoms with van der Waals surface area (Å²) < 4.78 is 0. The first-order valence-electron chi connectivity index (χ1n) is 4.48. The van der Waals surface area contributed by atoms with Crippen LogP contribution in [0.2, 0.25) is 0 Å². The molecule has 0 spiro atoms. The smallest absolute Gasteiger partial charge is 0.358 e.